The van der Waals surface area contributed by atoms with Crippen LogP contribution in [0.2, 0.25) is 0 Å². The fourth-order valence-electron chi connectivity index (χ4n) is 13.6. The molecule has 0 radical (unpaired) electrons. The number of carbonyl (C=O) groups excluding carboxylic acids is 8. The van der Waals surface area contributed by atoms with E-state index in [2.05, 4.69) is 15.4 Å². The van der Waals surface area contributed by atoms with E-state index in [1.807, 2.05) is 102 Å². The molecule has 4 aromatic carbocycles. The quantitative estimate of drug-likeness (QED) is 0.00704. The molecule has 3 aliphatic carbocycles. The maximum Gasteiger partial charge on any atom is 0.328 e. The molecule has 0 aliphatic heterocycles. The van der Waals surface area contributed by atoms with E-state index >= 15 is 0 Å². The van der Waals surface area contributed by atoms with E-state index in [4.69, 9.17) is 56.2 Å². The number of methoxy groups -OCH3 is 3. The number of carboxylic acid groups (broad SMARTS) is 2. The smallest absolute Gasteiger partial charge is 0.328 e. The Balaban J connectivity index is -0.0000000842. The van der Waals surface area contributed by atoms with Crippen molar-refractivity contribution in [2.45, 2.75) is 231 Å². The number of nitrogens with one attached hydrogen (secondary N) is 2. The number of nitrogens with two attached hydrogens (primary N) is 3. The number of esters is 6. The number of anilines is 1. The van der Waals surface area contributed by atoms with Crippen LogP contribution in [0.3, 0.4) is 0 Å². The van der Waals surface area contributed by atoms with Crippen LogP contribution in [0.1, 0.15) is 213 Å². The lowest BCUT2D eigenvalue weighted by atomic mass is 9.65. The Labute approximate surface area is 725 Å². The third kappa shape index (κ3) is 31.4. The van der Waals surface area contributed by atoms with Gasteiger partial charge < -0.3 is 98.1 Å². The number of unbranched alkanes of at least 4 members (excludes halogenated alkanes) is 1. The summed E-state index contributed by atoms with van der Waals surface area (Å²) in [6.07, 6.45) is 5.84. The number of carboxylic acids is 2. The normalized spacial score (nSPS) is 20.3. The molecular weight excluding hydrogens is 1570 g/mol. The van der Waals surface area contributed by atoms with Crippen LogP contribution in [0.25, 0.3) is 0 Å². The van der Waals surface area contributed by atoms with Crippen LogP contribution < -0.4 is 27.8 Å². The van der Waals surface area contributed by atoms with E-state index in [1.165, 1.54) is 69.9 Å². The maximum atomic E-state index is 13.3. The molecule has 0 unspecified atom stereocenters. The minimum absolute atomic E-state index is 0. The molecule has 698 valence electrons. The first kappa shape index (κ1) is 111. The van der Waals surface area contributed by atoms with Crippen LogP contribution in [-0.4, -0.2) is 172 Å². The zero-order valence-electron chi connectivity index (χ0n) is 86.7. The molecule has 10 atom stereocenters. The number of nitrogen functional groups attached to an aromatic ring is 1. The Bertz CT molecular complexity index is 4070. The number of hydrogen-bond donors (Lipinski definition) is 9. The van der Waals surface area contributed by atoms with Gasteiger partial charge >= 0.3 is 47.8 Å². The van der Waals surface area contributed by atoms with Crippen molar-refractivity contribution in [3.05, 3.63) is 150 Å². The molecule has 0 aromatic heterocycles. The van der Waals surface area contributed by atoms with Crippen LogP contribution in [0.4, 0.5) is 22.7 Å². The Kier molecular flexibility index (Phi) is 45.3. The van der Waals surface area contributed by atoms with Crippen LogP contribution in [0.5, 0.6) is 0 Å². The van der Waals surface area contributed by atoms with Gasteiger partial charge in [-0.05, 0) is 171 Å². The summed E-state index contributed by atoms with van der Waals surface area (Å²) >= 11 is 0. The van der Waals surface area contributed by atoms with Gasteiger partial charge in [0.2, 0.25) is 11.8 Å². The van der Waals surface area contributed by atoms with Crippen LogP contribution in [-0.2, 0) is 102 Å². The van der Waals surface area contributed by atoms with Gasteiger partial charge in [0.15, 0.2) is 0 Å². The van der Waals surface area contributed by atoms with Crippen LogP contribution in [0, 0.1) is 80.6 Å². The predicted molar refractivity (Wildman–Crippen MR) is 464 cm³/mol. The van der Waals surface area contributed by atoms with E-state index in [1.54, 1.807) is 57.2 Å². The molecule has 3 aliphatic rings. The van der Waals surface area contributed by atoms with Gasteiger partial charge in [-0.15, -0.1) is 12.4 Å². The lowest BCUT2D eigenvalue weighted by Gasteiger charge is -2.40. The van der Waals surface area contributed by atoms with E-state index < -0.39 is 130 Å². The topological polar surface area (TPSA) is 539 Å². The van der Waals surface area contributed by atoms with Gasteiger partial charge in [-0.3, -0.25) is 68.7 Å². The minimum Gasteiger partial charge on any atom is -1.00 e. The highest BCUT2D eigenvalue weighted by molar-refractivity contribution is 5.90. The van der Waals surface area contributed by atoms with Crippen molar-refractivity contribution in [3.63, 3.8) is 0 Å². The fraction of sp³-hybridized carbons (Fsp3) is 0.595. The highest BCUT2D eigenvalue weighted by Crippen LogP contribution is 2.59. The second-order valence-corrected chi connectivity index (χ2v) is 32.8. The average Bonchev–Trinajstić information content (AvgIpc) is 1.60. The number of nitrogens with zero attached hydrogens (tertiary/aromatic N) is 3. The van der Waals surface area contributed by atoms with Crippen molar-refractivity contribution in [2.75, 3.05) is 47.9 Å². The van der Waals surface area contributed by atoms with Crippen molar-refractivity contribution < 1.29 is 133 Å². The Morgan fingerprint density at radius 1 is 0.479 bits per heavy atom. The molecule has 0 saturated heterocycles. The molecule has 0 bridgehead atoms. The molecule has 34 nitrogen and oxygen atoms in total. The van der Waals surface area contributed by atoms with Gasteiger partial charge in [-0.1, -0.05) is 111 Å². The van der Waals surface area contributed by atoms with Gasteiger partial charge in [0.1, 0.15) is 35.4 Å². The standard InChI is InChI=1S/C24H34N2O7.C24H36N2O5.C14H24O4.C10H12N2O4.C9H10N2O4.2CH4O.CH4.ClH.15H/c1-22(2,3)33-21(29)24(6)13-12-17(23(24,4)5)19(27)25-18(20(28)32-7)14-15-8-10-16(11-9-15)26(30)31;1-22(2,3)31-21(29)24(6)13-12-17(23(24,4)5)19(27)26-18(20(28)30-7)14-15-8-10-16(25)11-9-15;1-5-6-9-18-12(17)14(4)8-7-10(11(15)16)13(14,2)3;1-16-10(13)9(11)6-7-2-4-8(5-3-7)12(14)15;10-8(9(12)13)5-6-1-3-7(4-2-6)11(14)15;2*1-2;;;;;;;;;;;;;;;;;/h8-11,17-18H,12-14H2,1-7H3,(H,25,27);8-11,17-18H,12-14,25H2,1-7H3,(H,26,27);10H,5-9H2,1-4H3,(H,15,16);2-5,9H,6,11H2,1H3;1-4,8H,5,10H2,(H,12,13);2*2H,1H3;1H4;1H;;;;;;;;;;;;;;;/q;;;;;;;;;15*-1/t2*17-,18+,24+;10-,14+;9-;8-;;;;;;;;;;;;;;;;;;;/m11100.................../s1/i;;;;;;;;;15*1+1. The summed E-state index contributed by atoms with van der Waals surface area (Å²) in [4.78, 5) is 152. The number of nitro groups is 3. The lowest BCUT2D eigenvalue weighted by molar-refractivity contribution is -0.385. The number of aliphatic carboxylic acids is 2. The number of nitro benzene ring substituents is 3. The van der Waals surface area contributed by atoms with E-state index in [0.29, 0.717) is 68.4 Å². The number of rotatable bonds is 26. The second-order valence-electron chi connectivity index (χ2n) is 32.8. The average molecular weight is 1730 g/mol. The summed E-state index contributed by atoms with van der Waals surface area (Å²) < 4.78 is 30.8. The number of amides is 2. The number of aliphatic hydroxyl groups is 2. The minimum atomic E-state index is -1.09. The van der Waals surface area contributed by atoms with Crippen molar-refractivity contribution in [3.8, 4) is 0 Å². The largest absolute Gasteiger partial charge is 1.00 e. The van der Waals surface area contributed by atoms with Crippen molar-refractivity contribution in [1.82, 2.24) is 10.6 Å². The zero-order valence-corrected chi connectivity index (χ0v) is 72.5. The second kappa shape index (κ2) is 48.7. The fourth-order valence-corrected chi connectivity index (χ4v) is 13.6. The molecule has 3 fully saturated rings. The predicted octanol–water partition coefficient (Wildman–Crippen LogP) is 12.8. The molecular formula is C84H144ClN8O26-15. The third-order valence-electron chi connectivity index (χ3n) is 22.1. The summed E-state index contributed by atoms with van der Waals surface area (Å²) in [6.45, 7) is 30.2. The van der Waals surface area contributed by atoms with Gasteiger partial charge in [0, 0.05) is 81.0 Å². The molecule has 2 amide bonds. The number of benzene rings is 4. The van der Waals surface area contributed by atoms with E-state index in [-0.39, 0.29) is 107 Å². The molecule has 0 spiro atoms. The number of halogens is 1. The molecule has 119 heavy (non-hydrogen) atoms. The molecule has 4 aromatic rings. The van der Waals surface area contributed by atoms with Crippen LogP contribution in [0.15, 0.2) is 97.1 Å². The highest BCUT2D eigenvalue weighted by atomic mass is 35.5. The Morgan fingerprint density at radius 3 is 1.03 bits per heavy atom. The maximum absolute atomic E-state index is 13.3. The van der Waals surface area contributed by atoms with Gasteiger partial charge in [-0.2, -0.15) is 0 Å². The first-order valence-electron chi connectivity index (χ1n) is 38.0. The van der Waals surface area contributed by atoms with Crippen LogP contribution >= 0.6 is 12.4 Å². The summed E-state index contributed by atoms with van der Waals surface area (Å²) in [5, 5.41) is 69.0. The first-order valence-corrected chi connectivity index (χ1v) is 38.0. The summed E-state index contributed by atoms with van der Waals surface area (Å²) in [5.74, 6) is -6.46. The van der Waals surface area contributed by atoms with Crippen molar-refractivity contribution in [1.29, 1.82) is 0 Å². The number of aliphatic hydroxyl groups excluding tert-OH is 2. The van der Waals surface area contributed by atoms with E-state index in [0.717, 1.165) is 38.2 Å². The SMILES string of the molecule is C.CCCCOC(=O)[C@]1(C)CC[C@H](C(=O)O)C1(C)C.CO.CO.COC(=O)[C@@H](N)Cc1ccc([N+](=O)[O-])cc1.COC(=O)[C@H](Cc1ccc(N)cc1)NC(=O)[C@H]1CC[C@@](C)(C(=O)OC(C)(C)C)C1(C)C.COC(=O)[C@H](Cc1ccc([N+](=O)[O-])cc1)NC(=O)[C@H]1CC[C@@](C)(C(=O)OC(C)(C)C)C1(C)C.Cl.N[C@@H](Cc1ccc([N+](=O)[O-])cc1)C(=O)O.[2H-].[2H-].[2H-].[2H-].[2H-].[2H-].[2H-].[2H-].[2H-].[2H-].[2H-].[2H-].[2H-].[2H-].[2H-]. The number of ether oxygens (including phenoxy) is 6. The first-order chi connectivity index (χ1) is 54.1. The highest BCUT2D eigenvalue weighted by Gasteiger charge is 2.62. The Hall–Kier alpha value is -10.3. The third-order valence-corrected chi connectivity index (χ3v) is 22.1. The number of non-ortho nitro benzene ring substituents is 3. The van der Waals surface area contributed by atoms with E-state index in [9.17, 15) is 83.4 Å². The summed E-state index contributed by atoms with van der Waals surface area (Å²) in [5.41, 5.74) is 14.5. The molecule has 12 N–H and O–H groups in total. The molecule has 0 heterocycles. The lowest BCUT2D eigenvalue weighted by Crippen LogP contribution is -2.51. The van der Waals surface area contributed by atoms with Crippen molar-refractivity contribution in [2.24, 2.45) is 61.7 Å². The zero-order chi connectivity index (χ0) is 90.3. The van der Waals surface area contributed by atoms with Gasteiger partial charge in [0.25, 0.3) is 17.1 Å². The van der Waals surface area contributed by atoms with Crippen molar-refractivity contribution >= 4 is 94.7 Å². The summed E-state index contributed by atoms with van der Waals surface area (Å²) in [7, 11) is 5.79. The Morgan fingerprint density at radius 2 is 0.756 bits per heavy atom. The monoisotopic (exact) mass is 1730 g/mol. The molecule has 35 heteroatoms. The molecule has 3 saturated carbocycles. The summed E-state index contributed by atoms with van der Waals surface area (Å²) in [6, 6.07) is 20.9. The van der Waals surface area contributed by atoms with Gasteiger partial charge in [-0.25, -0.2) is 9.59 Å². The number of hydrogen-bond acceptors (Lipinski definition) is 27. The van der Waals surface area contributed by atoms with Gasteiger partial charge in [0.05, 0.1) is 64.9 Å². The number of carbonyl (C=O) groups is 10. The molecule has 7 rings (SSSR count).